The number of aryl methyl sites for hydroxylation is 1. The number of aromatic nitrogens is 1. The van der Waals surface area contributed by atoms with Crippen molar-refractivity contribution < 1.29 is 0 Å². The Balaban J connectivity index is 2.16. The molecule has 0 amide bonds. The van der Waals surface area contributed by atoms with Crippen molar-refractivity contribution in [1.29, 1.82) is 0 Å². The second kappa shape index (κ2) is 7.26. The van der Waals surface area contributed by atoms with Gasteiger partial charge in [-0.15, -0.1) is 0 Å². The van der Waals surface area contributed by atoms with E-state index in [0.717, 1.165) is 12.1 Å². The summed E-state index contributed by atoms with van der Waals surface area (Å²) in [6.07, 6.45) is 7.66. The van der Waals surface area contributed by atoms with Crippen LogP contribution < -0.4 is 0 Å². The average molecular weight is 415 g/mol. The summed E-state index contributed by atoms with van der Waals surface area (Å²) in [6.45, 7) is 4.45. The SMILES string of the molecule is CCC1=C(c2ccccn2)C=CI(C)C(c2ccccc2C)=C1. The number of rotatable bonds is 3. The number of allylic oxidation sites excluding steroid dienone is 4. The van der Waals surface area contributed by atoms with E-state index in [1.54, 1.807) is 3.58 Å². The topological polar surface area (TPSA) is 12.9 Å². The molecule has 0 unspecified atom stereocenters. The predicted octanol–water partition coefficient (Wildman–Crippen LogP) is 6.26. The molecule has 2 heterocycles. The maximum atomic E-state index is 4.56. The third-order valence-electron chi connectivity index (χ3n) is 4.11. The van der Waals surface area contributed by atoms with E-state index >= 15 is 0 Å². The molecule has 0 saturated carbocycles. The predicted molar refractivity (Wildman–Crippen MR) is 110 cm³/mol. The second-order valence-corrected chi connectivity index (χ2v) is 10.5. The fourth-order valence-electron chi connectivity index (χ4n) is 2.79. The number of pyridine rings is 1. The van der Waals surface area contributed by atoms with Crippen LogP contribution in [-0.4, -0.2) is 9.91 Å². The number of hydrogen-bond acceptors (Lipinski definition) is 1. The molecule has 0 N–H and O–H groups in total. The van der Waals surface area contributed by atoms with Gasteiger partial charge in [0.1, 0.15) is 0 Å². The molecule has 0 bridgehead atoms. The average Bonchev–Trinajstić information content (AvgIpc) is 2.75. The monoisotopic (exact) mass is 415 g/mol. The summed E-state index contributed by atoms with van der Waals surface area (Å²) in [5.74, 6) is 0. The summed E-state index contributed by atoms with van der Waals surface area (Å²) in [4.78, 5) is 6.99. The van der Waals surface area contributed by atoms with Crippen molar-refractivity contribution in [3.63, 3.8) is 0 Å². The van der Waals surface area contributed by atoms with Crippen LogP contribution in [0.15, 0.2) is 70.5 Å². The Morgan fingerprint density at radius 3 is 2.52 bits per heavy atom. The van der Waals surface area contributed by atoms with Crippen LogP contribution in [0.5, 0.6) is 0 Å². The zero-order valence-electron chi connectivity index (χ0n) is 13.9. The molecule has 0 aliphatic carbocycles. The number of hydrogen-bond donors (Lipinski definition) is 0. The number of halogens is 1. The third-order valence-corrected chi connectivity index (χ3v) is 8.27. The van der Waals surface area contributed by atoms with Crippen molar-refractivity contribution in [2.24, 2.45) is 0 Å². The zero-order valence-corrected chi connectivity index (χ0v) is 16.0. The van der Waals surface area contributed by atoms with E-state index in [9.17, 15) is 0 Å². The Bertz CT molecular complexity index is 784. The molecular formula is C21H22IN. The van der Waals surface area contributed by atoms with Gasteiger partial charge in [0.25, 0.3) is 0 Å². The molecule has 0 radical (unpaired) electrons. The van der Waals surface area contributed by atoms with Crippen LogP contribution in [0.3, 0.4) is 0 Å². The van der Waals surface area contributed by atoms with Gasteiger partial charge < -0.3 is 0 Å². The van der Waals surface area contributed by atoms with Gasteiger partial charge in [0.05, 0.1) is 0 Å². The Morgan fingerprint density at radius 1 is 1.04 bits per heavy atom. The number of alkyl halides is 1. The summed E-state index contributed by atoms with van der Waals surface area (Å²) >= 11 is -1.30. The first-order valence-electron chi connectivity index (χ1n) is 7.89. The second-order valence-electron chi connectivity index (χ2n) is 5.62. The van der Waals surface area contributed by atoms with Crippen LogP contribution in [0.4, 0.5) is 0 Å². The van der Waals surface area contributed by atoms with Crippen molar-refractivity contribution >= 4 is 29.0 Å². The Kier molecular flexibility index (Phi) is 5.11. The summed E-state index contributed by atoms with van der Waals surface area (Å²) in [6, 6.07) is 14.9. The van der Waals surface area contributed by atoms with Gasteiger partial charge in [0.2, 0.25) is 0 Å². The van der Waals surface area contributed by atoms with Gasteiger partial charge >= 0.3 is 146 Å². The quantitative estimate of drug-likeness (QED) is 0.426. The van der Waals surface area contributed by atoms with Crippen molar-refractivity contribution in [2.45, 2.75) is 20.3 Å². The maximum absolute atomic E-state index is 4.56. The summed E-state index contributed by atoms with van der Waals surface area (Å²) in [5, 5.41) is 0. The first-order valence-corrected chi connectivity index (χ1v) is 12.4. The molecule has 0 spiro atoms. The molecule has 1 nitrogen and oxygen atoms in total. The molecule has 2 heteroatoms. The van der Waals surface area contributed by atoms with Gasteiger partial charge in [-0.2, -0.15) is 0 Å². The van der Waals surface area contributed by atoms with Crippen molar-refractivity contribution in [1.82, 2.24) is 4.98 Å². The first-order chi connectivity index (χ1) is 11.2. The fourth-order valence-corrected chi connectivity index (χ4v) is 6.47. The first kappa shape index (κ1) is 16.2. The molecule has 118 valence electrons. The van der Waals surface area contributed by atoms with Crippen molar-refractivity contribution in [3.8, 4) is 0 Å². The van der Waals surface area contributed by atoms with Crippen LogP contribution in [0.2, 0.25) is 0 Å². The molecule has 1 aliphatic heterocycles. The Morgan fingerprint density at radius 2 is 1.83 bits per heavy atom. The molecule has 2 aromatic rings. The van der Waals surface area contributed by atoms with Crippen molar-refractivity contribution in [3.05, 3.63) is 87.3 Å². The van der Waals surface area contributed by atoms with Gasteiger partial charge in [-0.05, 0) is 0 Å². The van der Waals surface area contributed by atoms with E-state index in [4.69, 9.17) is 0 Å². The molecule has 1 aromatic heterocycles. The van der Waals surface area contributed by atoms with E-state index in [1.165, 1.54) is 22.3 Å². The molecular weight excluding hydrogens is 393 g/mol. The van der Waals surface area contributed by atoms with Gasteiger partial charge in [-0.3, -0.25) is 0 Å². The van der Waals surface area contributed by atoms with Gasteiger partial charge in [0, 0.05) is 0 Å². The molecule has 3 rings (SSSR count). The van der Waals surface area contributed by atoms with Crippen LogP contribution in [-0.2, 0) is 0 Å². The molecule has 1 aromatic carbocycles. The molecule has 1 aliphatic rings. The molecule has 0 saturated heterocycles. The zero-order chi connectivity index (χ0) is 16.2. The van der Waals surface area contributed by atoms with Crippen molar-refractivity contribution in [2.75, 3.05) is 4.93 Å². The standard InChI is InChI=1S/C21H22IN/c1-4-17-15-20(18-10-6-5-9-16(18)2)22(3)13-12-19(17)21-11-7-8-14-23-21/h5-15H,4H2,1-3H3. The van der Waals surface area contributed by atoms with Crippen LogP contribution in [0, 0.1) is 6.92 Å². The molecule has 23 heavy (non-hydrogen) atoms. The van der Waals surface area contributed by atoms with Gasteiger partial charge in [0.15, 0.2) is 0 Å². The molecule has 0 atom stereocenters. The van der Waals surface area contributed by atoms with Crippen LogP contribution in [0.1, 0.15) is 30.2 Å². The minimum atomic E-state index is -1.30. The summed E-state index contributed by atoms with van der Waals surface area (Å²) in [5.41, 5.74) is 6.53. The summed E-state index contributed by atoms with van der Waals surface area (Å²) in [7, 11) is 0. The molecule has 0 fully saturated rings. The number of nitrogens with zero attached hydrogens (tertiary/aromatic N) is 1. The van der Waals surface area contributed by atoms with Gasteiger partial charge in [-0.1, -0.05) is 0 Å². The van der Waals surface area contributed by atoms with Gasteiger partial charge in [-0.25, -0.2) is 0 Å². The van der Waals surface area contributed by atoms with E-state index in [2.05, 4.69) is 76.4 Å². The van der Waals surface area contributed by atoms with E-state index < -0.39 is 19.8 Å². The van der Waals surface area contributed by atoms with Crippen LogP contribution >= 0.6 is 19.8 Å². The van der Waals surface area contributed by atoms with E-state index in [1.807, 2.05) is 12.3 Å². The normalized spacial score (nSPS) is 16.3. The fraction of sp³-hybridized carbons (Fsp3) is 0.190. The summed E-state index contributed by atoms with van der Waals surface area (Å²) < 4.78 is 4.00. The number of benzene rings is 1. The van der Waals surface area contributed by atoms with E-state index in [-0.39, 0.29) is 0 Å². The minimum absolute atomic E-state index is 1.02. The van der Waals surface area contributed by atoms with Crippen LogP contribution in [0.25, 0.3) is 9.15 Å². The third kappa shape index (κ3) is 3.47. The Labute approximate surface area is 146 Å². The Hall–Kier alpha value is -1.68. The van der Waals surface area contributed by atoms with E-state index in [0.29, 0.717) is 0 Å².